The number of imidazole rings is 1. The summed E-state index contributed by atoms with van der Waals surface area (Å²) in [6.45, 7) is 6.73. The Hall–Kier alpha value is -5.80. The number of carbonyl (C=O) groups is 2. The zero-order valence-corrected chi connectivity index (χ0v) is 29.4. The number of aromatic nitrogens is 2. The second-order valence-corrected chi connectivity index (χ2v) is 12.2. The second kappa shape index (κ2) is 17.7. The van der Waals surface area contributed by atoms with Gasteiger partial charge in [0.05, 0.1) is 18.5 Å². The average Bonchev–Trinajstić information content (AvgIpc) is 3.62. The third kappa shape index (κ3) is 9.67. The van der Waals surface area contributed by atoms with Crippen molar-refractivity contribution in [1.29, 1.82) is 5.41 Å². The van der Waals surface area contributed by atoms with Crippen LogP contribution in [0.5, 0.6) is 0 Å². The molecule has 0 spiro atoms. The van der Waals surface area contributed by atoms with Crippen molar-refractivity contribution < 1.29 is 19.4 Å². The molecule has 0 radical (unpaired) electrons. The van der Waals surface area contributed by atoms with Crippen LogP contribution < -0.4 is 10.2 Å². The summed E-state index contributed by atoms with van der Waals surface area (Å²) in [4.78, 5) is 35.0. The molecule has 1 amide bonds. The number of hydrogen-bond donors (Lipinski definition) is 4. The molecule has 1 heterocycles. The fraction of sp³-hybridized carbons (Fsp3) is 0.238. The lowest BCUT2D eigenvalue weighted by Gasteiger charge is -2.20. The third-order valence-electron chi connectivity index (χ3n) is 8.76. The van der Waals surface area contributed by atoms with Crippen molar-refractivity contribution in [2.75, 3.05) is 31.6 Å². The molecule has 1 aromatic heterocycles. The minimum atomic E-state index is -1.40. The van der Waals surface area contributed by atoms with Gasteiger partial charge in [-0.1, -0.05) is 78.9 Å². The first-order valence-corrected chi connectivity index (χ1v) is 17.3. The van der Waals surface area contributed by atoms with E-state index in [1.54, 1.807) is 24.3 Å². The maximum atomic E-state index is 12.4. The summed E-state index contributed by atoms with van der Waals surface area (Å²) in [5, 5.41) is 21.4. The topological polar surface area (TPSA) is 131 Å². The number of hydrogen-bond acceptors (Lipinski definition) is 7. The number of amides is 1. The molecule has 0 aliphatic heterocycles. The third-order valence-corrected chi connectivity index (χ3v) is 8.76. The molecular weight excluding hydrogens is 638 g/mol. The lowest BCUT2D eigenvalue weighted by atomic mass is 9.99. The van der Waals surface area contributed by atoms with Crippen molar-refractivity contribution in [1.82, 2.24) is 15.3 Å². The zero-order chi connectivity index (χ0) is 36.2. The fourth-order valence-corrected chi connectivity index (χ4v) is 5.85. The van der Waals surface area contributed by atoms with Gasteiger partial charge in [0.25, 0.3) is 0 Å². The van der Waals surface area contributed by atoms with E-state index in [1.165, 1.54) is 12.7 Å². The lowest BCUT2D eigenvalue weighted by Crippen LogP contribution is -2.25. The SMILES string of the molecule is CCN(CC)c1ccc(-c2nc(-c3ccc(C(=N)CC(O)C(=O)OC)cc3)c(-c3ccc(/C=C/C(=O)NCCCc4ccccc4)cc3)[nH]2)cc1. The van der Waals surface area contributed by atoms with Crippen molar-refractivity contribution in [3.63, 3.8) is 0 Å². The number of benzene rings is 4. The Bertz CT molecular complexity index is 1930. The second-order valence-electron chi connectivity index (χ2n) is 12.2. The van der Waals surface area contributed by atoms with Gasteiger partial charge in [-0.05, 0) is 73.7 Å². The molecule has 0 aliphatic carbocycles. The Morgan fingerprint density at radius 1 is 0.902 bits per heavy atom. The first kappa shape index (κ1) is 36.5. The minimum Gasteiger partial charge on any atom is -0.467 e. The molecule has 0 saturated heterocycles. The average molecular weight is 684 g/mol. The summed E-state index contributed by atoms with van der Waals surface area (Å²) in [6.07, 6.45) is 3.61. The van der Waals surface area contributed by atoms with Gasteiger partial charge < -0.3 is 30.5 Å². The molecule has 262 valence electrons. The van der Waals surface area contributed by atoms with Crippen LogP contribution in [0.4, 0.5) is 5.69 Å². The molecule has 9 heteroatoms. The Morgan fingerprint density at radius 3 is 2.20 bits per heavy atom. The molecule has 0 saturated carbocycles. The number of aryl methyl sites for hydroxylation is 1. The van der Waals surface area contributed by atoms with Gasteiger partial charge in [0.15, 0.2) is 6.10 Å². The maximum absolute atomic E-state index is 12.4. The van der Waals surface area contributed by atoms with E-state index in [-0.39, 0.29) is 18.0 Å². The zero-order valence-electron chi connectivity index (χ0n) is 29.4. The van der Waals surface area contributed by atoms with Crippen LogP contribution >= 0.6 is 0 Å². The summed E-state index contributed by atoms with van der Waals surface area (Å²) < 4.78 is 4.59. The van der Waals surface area contributed by atoms with Crippen LogP contribution in [0.15, 0.2) is 109 Å². The lowest BCUT2D eigenvalue weighted by molar-refractivity contribution is -0.149. The highest BCUT2D eigenvalue weighted by Crippen LogP contribution is 2.34. The van der Waals surface area contributed by atoms with E-state index in [0.717, 1.165) is 71.1 Å². The van der Waals surface area contributed by atoms with E-state index in [9.17, 15) is 14.7 Å². The first-order chi connectivity index (χ1) is 24.8. The van der Waals surface area contributed by atoms with E-state index < -0.39 is 12.1 Å². The molecule has 1 unspecified atom stereocenters. The quantitative estimate of drug-likeness (QED) is 0.0373. The van der Waals surface area contributed by atoms with E-state index >= 15 is 0 Å². The van der Waals surface area contributed by atoms with Gasteiger partial charge in [-0.3, -0.25) is 4.79 Å². The van der Waals surface area contributed by atoms with Crippen molar-refractivity contribution in [2.24, 2.45) is 0 Å². The predicted molar refractivity (Wildman–Crippen MR) is 205 cm³/mol. The summed E-state index contributed by atoms with van der Waals surface area (Å²) in [6, 6.07) is 33.9. The molecule has 0 aliphatic rings. The van der Waals surface area contributed by atoms with Gasteiger partial charge in [0.2, 0.25) is 5.91 Å². The van der Waals surface area contributed by atoms with Gasteiger partial charge in [-0.25, -0.2) is 9.78 Å². The number of ether oxygens (including phenoxy) is 1. The van der Waals surface area contributed by atoms with E-state index in [4.69, 9.17) is 10.4 Å². The minimum absolute atomic E-state index is 0.125. The molecule has 1 atom stereocenters. The largest absolute Gasteiger partial charge is 0.467 e. The van der Waals surface area contributed by atoms with Gasteiger partial charge in [0, 0.05) is 60.2 Å². The van der Waals surface area contributed by atoms with Crippen molar-refractivity contribution >= 4 is 29.4 Å². The van der Waals surface area contributed by atoms with Gasteiger partial charge >= 0.3 is 5.97 Å². The smallest absolute Gasteiger partial charge is 0.335 e. The summed E-state index contributed by atoms with van der Waals surface area (Å²) >= 11 is 0. The molecule has 51 heavy (non-hydrogen) atoms. The van der Waals surface area contributed by atoms with E-state index in [1.807, 2.05) is 54.6 Å². The number of nitrogens with one attached hydrogen (secondary N) is 3. The molecule has 0 fully saturated rings. The van der Waals surface area contributed by atoms with Gasteiger partial charge in [-0.15, -0.1) is 0 Å². The Balaban J connectivity index is 1.35. The standard InChI is InChI=1S/C42H45N5O4/c1-4-47(5-2)35-24-22-34(23-25-35)41-45-39(40(46-41)33-20-18-31(19-21-33)36(43)28-37(48)42(50)51-3)32-16-13-30(14-17-32)15-26-38(49)44-27-9-12-29-10-7-6-8-11-29/h6-8,10-11,13-26,37,43,48H,4-5,9,12,27-28H2,1-3H3,(H,44,49)(H,45,46)/b26-15+,43-36?. The first-order valence-electron chi connectivity index (χ1n) is 17.3. The number of aromatic amines is 1. The van der Waals surface area contributed by atoms with Crippen LogP contribution in [0, 0.1) is 5.41 Å². The van der Waals surface area contributed by atoms with E-state index in [2.05, 4.69) is 70.2 Å². The monoisotopic (exact) mass is 683 g/mol. The van der Waals surface area contributed by atoms with Crippen molar-refractivity contribution in [3.8, 4) is 33.9 Å². The molecule has 5 aromatic rings. The number of methoxy groups -OCH3 is 1. The van der Waals surface area contributed by atoms with Crippen LogP contribution in [0.1, 0.15) is 43.4 Å². The number of aliphatic hydroxyl groups excluding tert-OH is 1. The number of H-pyrrole nitrogens is 1. The normalized spacial score (nSPS) is 11.7. The molecule has 4 aromatic carbocycles. The molecule has 9 nitrogen and oxygen atoms in total. The maximum Gasteiger partial charge on any atom is 0.335 e. The highest BCUT2D eigenvalue weighted by atomic mass is 16.5. The van der Waals surface area contributed by atoms with E-state index in [0.29, 0.717) is 12.1 Å². The molecule has 5 rings (SSSR count). The molecule has 4 N–H and O–H groups in total. The highest BCUT2D eigenvalue weighted by Gasteiger charge is 2.20. The van der Waals surface area contributed by atoms with Gasteiger partial charge in [-0.2, -0.15) is 0 Å². The number of aliphatic hydroxyl groups is 1. The number of rotatable bonds is 16. The van der Waals surface area contributed by atoms with Crippen LogP contribution in [0.3, 0.4) is 0 Å². The molecule has 0 bridgehead atoms. The Morgan fingerprint density at radius 2 is 1.55 bits per heavy atom. The number of nitrogens with zero attached hydrogens (tertiary/aromatic N) is 2. The van der Waals surface area contributed by atoms with Crippen LogP contribution in [0.25, 0.3) is 40.0 Å². The predicted octanol–water partition coefficient (Wildman–Crippen LogP) is 7.31. The highest BCUT2D eigenvalue weighted by molar-refractivity contribution is 6.01. The summed E-state index contributed by atoms with van der Waals surface area (Å²) in [5.74, 6) is -0.178. The summed E-state index contributed by atoms with van der Waals surface area (Å²) in [5.41, 5.74) is 8.28. The number of esters is 1. The van der Waals surface area contributed by atoms with Crippen LogP contribution in [-0.4, -0.2) is 65.5 Å². The summed E-state index contributed by atoms with van der Waals surface area (Å²) in [7, 11) is 1.21. The van der Waals surface area contributed by atoms with Crippen molar-refractivity contribution in [3.05, 3.63) is 126 Å². The van der Waals surface area contributed by atoms with Crippen LogP contribution in [0.2, 0.25) is 0 Å². The number of anilines is 1. The van der Waals surface area contributed by atoms with Gasteiger partial charge in [0.1, 0.15) is 5.82 Å². The fourth-order valence-electron chi connectivity index (χ4n) is 5.85. The van der Waals surface area contributed by atoms with Crippen molar-refractivity contribution in [2.45, 2.75) is 39.2 Å². The van der Waals surface area contributed by atoms with Crippen LogP contribution in [-0.2, 0) is 20.7 Å². The number of carbonyl (C=O) groups excluding carboxylic acids is 2. The Kier molecular flexibility index (Phi) is 12.7. The molecular formula is C42H45N5O4. The Labute approximate surface area is 299 Å².